The summed E-state index contributed by atoms with van der Waals surface area (Å²) < 4.78 is 5.32. The minimum absolute atomic E-state index is 0.0743. The molecule has 0 spiro atoms. The van der Waals surface area contributed by atoms with Gasteiger partial charge in [0.05, 0.1) is 18.6 Å². The average molecular weight is 686 g/mol. The monoisotopic (exact) mass is 685 g/mol. The van der Waals surface area contributed by atoms with E-state index >= 15 is 0 Å². The molecule has 5 atom stereocenters. The van der Waals surface area contributed by atoms with Crippen molar-refractivity contribution >= 4 is 41.5 Å². The van der Waals surface area contributed by atoms with E-state index in [1.165, 1.54) is 11.8 Å². The van der Waals surface area contributed by atoms with Gasteiger partial charge in [-0.05, 0) is 76.2 Å². The van der Waals surface area contributed by atoms with Gasteiger partial charge in [0.2, 0.25) is 23.6 Å². The zero-order valence-electron chi connectivity index (χ0n) is 30.4. The molecule has 1 aliphatic carbocycles. The van der Waals surface area contributed by atoms with Gasteiger partial charge in [-0.1, -0.05) is 60.8 Å². The van der Waals surface area contributed by atoms with Crippen LogP contribution in [-0.2, 0) is 23.9 Å². The van der Waals surface area contributed by atoms with E-state index in [-0.39, 0.29) is 36.1 Å². The standard InChI is InChI=1S/C34H63N5O7S/c1-20(2)18-25(26(40)19-27(41)38-28(21(3)4)31(43)35-23-14-12-11-13-15-23)37-30(42)24(16-17-47-10)36-32(44)29(22(5)6)39-33(45)46-34(7,8)9/h20-26,28-29,40H,11-19H2,1-10H3,(H,35,43)(H,36,44)(H,37,42)(H,38,41)(H,39,45)/t24-,25?,26-,28+,29-/m0/s1. The molecule has 1 saturated carbocycles. The number of nitrogens with one attached hydrogen (secondary N) is 5. The van der Waals surface area contributed by atoms with Crippen molar-refractivity contribution in [2.24, 2.45) is 17.8 Å². The zero-order chi connectivity index (χ0) is 35.9. The fourth-order valence-electron chi connectivity index (χ4n) is 5.48. The first-order chi connectivity index (χ1) is 21.8. The lowest BCUT2D eigenvalue weighted by Crippen LogP contribution is -2.58. The molecule has 0 saturated heterocycles. The van der Waals surface area contributed by atoms with Crippen LogP contribution < -0.4 is 26.6 Å². The number of hydrogen-bond acceptors (Lipinski definition) is 8. The summed E-state index contributed by atoms with van der Waals surface area (Å²) in [5, 5.41) is 25.3. The van der Waals surface area contributed by atoms with Crippen molar-refractivity contribution in [1.29, 1.82) is 0 Å². The molecule has 6 N–H and O–H groups in total. The Morgan fingerprint density at radius 1 is 0.809 bits per heavy atom. The summed E-state index contributed by atoms with van der Waals surface area (Å²) in [4.78, 5) is 65.5. The van der Waals surface area contributed by atoms with Gasteiger partial charge in [0.15, 0.2) is 0 Å². The van der Waals surface area contributed by atoms with E-state index < -0.39 is 59.7 Å². The molecule has 0 radical (unpaired) electrons. The number of carbonyl (C=O) groups excluding carboxylic acids is 5. The van der Waals surface area contributed by atoms with Gasteiger partial charge >= 0.3 is 6.09 Å². The molecule has 0 heterocycles. The molecule has 5 amide bonds. The van der Waals surface area contributed by atoms with Crippen LogP contribution >= 0.6 is 11.8 Å². The number of aliphatic hydroxyl groups is 1. The van der Waals surface area contributed by atoms with Crippen molar-refractivity contribution in [3.63, 3.8) is 0 Å². The molecule has 1 aliphatic rings. The number of ether oxygens (including phenoxy) is 1. The Bertz CT molecular complexity index is 1010. The fraction of sp³-hybridized carbons (Fsp3) is 0.853. The van der Waals surface area contributed by atoms with Gasteiger partial charge in [0.25, 0.3) is 0 Å². The summed E-state index contributed by atoms with van der Waals surface area (Å²) in [6.07, 6.45) is 5.47. The Labute approximate surface area is 286 Å². The first-order valence-electron chi connectivity index (χ1n) is 17.2. The van der Waals surface area contributed by atoms with Crippen molar-refractivity contribution < 1.29 is 33.8 Å². The van der Waals surface area contributed by atoms with E-state index in [0.717, 1.165) is 32.1 Å². The Kier molecular flexibility index (Phi) is 18.7. The minimum Gasteiger partial charge on any atom is -0.444 e. The van der Waals surface area contributed by atoms with E-state index in [0.29, 0.717) is 18.6 Å². The van der Waals surface area contributed by atoms with Gasteiger partial charge in [-0.3, -0.25) is 19.2 Å². The molecule has 1 fully saturated rings. The van der Waals surface area contributed by atoms with Crippen molar-refractivity contribution in [3.8, 4) is 0 Å². The third kappa shape index (κ3) is 16.9. The predicted octanol–water partition coefficient (Wildman–Crippen LogP) is 3.65. The summed E-state index contributed by atoms with van der Waals surface area (Å²) in [6.45, 7) is 16.3. The number of hydrogen-bond donors (Lipinski definition) is 6. The van der Waals surface area contributed by atoms with E-state index in [9.17, 15) is 29.1 Å². The SMILES string of the molecule is CSCC[C@H](NC(=O)[C@@H](NC(=O)OC(C)(C)C)C(C)C)C(=O)NC(CC(C)C)[C@@H](O)CC(=O)N[C@@H](C(=O)NC1CCCCC1)C(C)C. The summed E-state index contributed by atoms with van der Waals surface area (Å²) in [5.41, 5.74) is -0.747. The van der Waals surface area contributed by atoms with Gasteiger partial charge in [0.1, 0.15) is 23.7 Å². The summed E-state index contributed by atoms with van der Waals surface area (Å²) >= 11 is 1.52. The Hall–Kier alpha value is -2.54. The zero-order valence-corrected chi connectivity index (χ0v) is 31.2. The maximum atomic E-state index is 13.6. The highest BCUT2D eigenvalue weighted by Gasteiger charge is 2.33. The third-order valence-electron chi connectivity index (χ3n) is 7.99. The molecule has 1 unspecified atom stereocenters. The van der Waals surface area contributed by atoms with Gasteiger partial charge in [-0.2, -0.15) is 11.8 Å². The molecule has 0 aromatic carbocycles. The van der Waals surface area contributed by atoms with E-state index in [1.54, 1.807) is 34.6 Å². The van der Waals surface area contributed by atoms with Crippen LogP contribution in [0.2, 0.25) is 0 Å². The van der Waals surface area contributed by atoms with Gasteiger partial charge < -0.3 is 36.4 Å². The molecular weight excluding hydrogens is 622 g/mol. The summed E-state index contributed by atoms with van der Waals surface area (Å²) in [5.74, 6) is -1.54. The van der Waals surface area contributed by atoms with E-state index in [1.807, 2.05) is 34.0 Å². The molecule has 0 aromatic heterocycles. The second kappa shape index (κ2) is 20.7. The summed E-state index contributed by atoms with van der Waals surface area (Å²) in [6, 6.07) is -3.31. The first kappa shape index (κ1) is 42.5. The Morgan fingerprint density at radius 3 is 1.89 bits per heavy atom. The van der Waals surface area contributed by atoms with E-state index in [2.05, 4.69) is 26.6 Å². The Morgan fingerprint density at radius 2 is 1.38 bits per heavy atom. The second-order valence-electron chi connectivity index (χ2n) is 14.9. The fourth-order valence-corrected chi connectivity index (χ4v) is 5.95. The van der Waals surface area contributed by atoms with Crippen molar-refractivity contribution in [2.75, 3.05) is 12.0 Å². The maximum Gasteiger partial charge on any atom is 0.408 e. The number of amides is 5. The number of carbonyl (C=O) groups is 5. The lowest BCUT2D eigenvalue weighted by Gasteiger charge is -2.30. The highest BCUT2D eigenvalue weighted by Crippen LogP contribution is 2.18. The van der Waals surface area contributed by atoms with Crippen molar-refractivity contribution in [2.45, 2.75) is 156 Å². The first-order valence-corrected chi connectivity index (χ1v) is 18.6. The maximum absolute atomic E-state index is 13.6. The smallest absolute Gasteiger partial charge is 0.408 e. The van der Waals surface area contributed by atoms with Crippen molar-refractivity contribution in [3.05, 3.63) is 0 Å². The highest BCUT2D eigenvalue weighted by molar-refractivity contribution is 7.98. The third-order valence-corrected chi connectivity index (χ3v) is 8.64. The normalized spacial score (nSPS) is 17.3. The van der Waals surface area contributed by atoms with Crippen LogP contribution in [0.5, 0.6) is 0 Å². The van der Waals surface area contributed by atoms with Crippen LogP contribution in [0.15, 0.2) is 0 Å². The largest absolute Gasteiger partial charge is 0.444 e. The van der Waals surface area contributed by atoms with E-state index in [4.69, 9.17) is 4.74 Å². The van der Waals surface area contributed by atoms with Crippen LogP contribution in [0.3, 0.4) is 0 Å². The Balaban J connectivity index is 2.99. The molecule has 0 aliphatic heterocycles. The van der Waals surface area contributed by atoms with Gasteiger partial charge in [-0.25, -0.2) is 4.79 Å². The van der Waals surface area contributed by atoms with Crippen LogP contribution in [0.25, 0.3) is 0 Å². The van der Waals surface area contributed by atoms with Crippen LogP contribution in [0.1, 0.15) is 114 Å². The molecule has 1 rings (SSSR count). The predicted molar refractivity (Wildman–Crippen MR) is 187 cm³/mol. The minimum atomic E-state index is -1.23. The van der Waals surface area contributed by atoms with Crippen molar-refractivity contribution in [1.82, 2.24) is 26.6 Å². The highest BCUT2D eigenvalue weighted by atomic mass is 32.2. The number of thioether (sulfide) groups is 1. The second-order valence-corrected chi connectivity index (χ2v) is 15.8. The molecule has 0 bridgehead atoms. The molecule has 47 heavy (non-hydrogen) atoms. The number of aliphatic hydroxyl groups excluding tert-OH is 1. The number of alkyl carbamates (subject to hydrolysis) is 1. The van der Waals surface area contributed by atoms with Crippen LogP contribution in [0, 0.1) is 17.8 Å². The average Bonchev–Trinajstić information content (AvgIpc) is 2.95. The quantitative estimate of drug-likeness (QED) is 0.127. The summed E-state index contributed by atoms with van der Waals surface area (Å²) in [7, 11) is 0. The van der Waals surface area contributed by atoms with Gasteiger partial charge in [0, 0.05) is 6.04 Å². The molecule has 13 heteroatoms. The molecule has 12 nitrogen and oxygen atoms in total. The molecular formula is C34H63N5O7S. The number of rotatable bonds is 18. The lowest BCUT2D eigenvalue weighted by atomic mass is 9.94. The van der Waals surface area contributed by atoms with Gasteiger partial charge in [-0.15, -0.1) is 0 Å². The topological polar surface area (TPSA) is 175 Å². The van der Waals surface area contributed by atoms with Crippen LogP contribution in [-0.4, -0.2) is 88.8 Å². The van der Waals surface area contributed by atoms with Crippen LogP contribution in [0.4, 0.5) is 4.79 Å². The lowest BCUT2D eigenvalue weighted by molar-refractivity contribution is -0.133. The molecule has 0 aromatic rings. The molecule has 272 valence electrons.